The number of aromatic amines is 2. The van der Waals surface area contributed by atoms with Crippen LogP contribution in [0.1, 0.15) is 17.2 Å². The molecule has 0 aliphatic carbocycles. The highest BCUT2D eigenvalue weighted by atomic mass is 35.5. The Labute approximate surface area is 238 Å². The molecule has 3 heterocycles. The van der Waals surface area contributed by atoms with Crippen LogP contribution in [0, 0.1) is 6.92 Å². The molecule has 5 rings (SSSR count). The lowest BCUT2D eigenvalue weighted by atomic mass is 10.1. The predicted octanol–water partition coefficient (Wildman–Crippen LogP) is 4.57. The number of urea groups is 1. The van der Waals surface area contributed by atoms with Crippen LogP contribution in [0.3, 0.4) is 0 Å². The number of aliphatic hydroxyl groups excluding tert-OH is 1. The molecule has 3 aromatic heterocycles. The third-order valence-electron chi connectivity index (χ3n) is 6.25. The Morgan fingerprint density at radius 2 is 2.05 bits per heavy atom. The maximum Gasteiger partial charge on any atom is 0.319 e. The third-order valence-corrected chi connectivity index (χ3v) is 6.76. The molecule has 0 fully saturated rings. The molecule has 5 aromatic rings. The Morgan fingerprint density at radius 3 is 2.80 bits per heavy atom. The fraction of sp³-hybridized carbons (Fsp3) is 0.185. The van der Waals surface area contributed by atoms with Crippen LogP contribution in [0.4, 0.5) is 16.2 Å². The minimum atomic E-state index is -0.959. The van der Waals surface area contributed by atoms with E-state index in [4.69, 9.17) is 28.2 Å². The van der Waals surface area contributed by atoms with Crippen LogP contribution in [0.25, 0.3) is 28.1 Å². The number of H-pyrrole nitrogens is 2. The van der Waals surface area contributed by atoms with Gasteiger partial charge in [-0.2, -0.15) is 0 Å². The number of aromatic nitrogens is 5. The average molecular weight is 581 g/mol. The normalized spacial score (nSPS) is 11.9. The Kier molecular flexibility index (Phi) is 8.06. The Morgan fingerprint density at radius 1 is 1.20 bits per heavy atom. The van der Waals surface area contributed by atoms with E-state index in [1.165, 1.54) is 6.20 Å². The SMILES string of the molecule is Cc1cc(-n2ccnc2)cc2[nH]c(-c3c(NCC(O)c4ccc(NC(=O)NCCCl)c(Cl)c4)cc[nH]c3=O)nc12. The first kappa shape index (κ1) is 27.3. The van der Waals surface area contributed by atoms with E-state index < -0.39 is 12.1 Å². The third kappa shape index (κ3) is 5.81. The Balaban J connectivity index is 1.36. The second-order valence-electron chi connectivity index (χ2n) is 9.02. The van der Waals surface area contributed by atoms with Gasteiger partial charge in [0, 0.05) is 43.2 Å². The molecule has 1 atom stereocenters. The van der Waals surface area contributed by atoms with E-state index in [9.17, 15) is 14.7 Å². The number of nitrogens with zero attached hydrogens (tertiary/aromatic N) is 3. The highest BCUT2D eigenvalue weighted by molar-refractivity contribution is 6.33. The van der Waals surface area contributed by atoms with Gasteiger partial charge in [0.25, 0.3) is 5.56 Å². The number of amides is 2. The summed E-state index contributed by atoms with van der Waals surface area (Å²) in [5, 5.41) is 19.5. The number of aliphatic hydroxyl groups is 1. The molecule has 2 amide bonds. The number of anilines is 2. The number of halogens is 2. The highest BCUT2D eigenvalue weighted by Crippen LogP contribution is 2.29. The van der Waals surface area contributed by atoms with Crippen LogP contribution in [-0.2, 0) is 0 Å². The summed E-state index contributed by atoms with van der Waals surface area (Å²) in [6.45, 7) is 2.36. The van der Waals surface area contributed by atoms with Gasteiger partial charge in [0.15, 0.2) is 0 Å². The lowest BCUT2D eigenvalue weighted by Gasteiger charge is -2.16. The number of fused-ring (bicyclic) bond motifs is 1. The quantitative estimate of drug-likeness (QED) is 0.140. The molecule has 40 heavy (non-hydrogen) atoms. The first-order chi connectivity index (χ1) is 19.3. The maximum atomic E-state index is 12.9. The van der Waals surface area contributed by atoms with Crippen molar-refractivity contribution in [3.8, 4) is 17.1 Å². The van der Waals surface area contributed by atoms with Crippen molar-refractivity contribution in [1.29, 1.82) is 0 Å². The van der Waals surface area contributed by atoms with Crippen molar-refractivity contribution in [2.75, 3.05) is 29.6 Å². The summed E-state index contributed by atoms with van der Waals surface area (Å²) in [5.74, 6) is 0.683. The van der Waals surface area contributed by atoms with Crippen molar-refractivity contribution in [2.24, 2.45) is 0 Å². The summed E-state index contributed by atoms with van der Waals surface area (Å²) in [5.41, 5.74) is 4.76. The number of rotatable bonds is 9. The monoisotopic (exact) mass is 580 g/mol. The van der Waals surface area contributed by atoms with Gasteiger partial charge >= 0.3 is 6.03 Å². The van der Waals surface area contributed by atoms with Crippen molar-refractivity contribution in [3.63, 3.8) is 0 Å². The van der Waals surface area contributed by atoms with Gasteiger partial charge in [0.1, 0.15) is 11.4 Å². The number of alkyl halides is 1. The highest BCUT2D eigenvalue weighted by Gasteiger charge is 2.18. The molecule has 0 saturated heterocycles. The minimum Gasteiger partial charge on any atom is -0.387 e. The van der Waals surface area contributed by atoms with Crippen molar-refractivity contribution in [3.05, 3.63) is 87.8 Å². The standard InChI is InChI=1S/C27H26Cl2N8O3/c1-15-10-17(37-9-8-30-14-37)12-21-24(15)36-25(34-21)23-20(4-6-31-26(23)39)33-13-22(38)16-2-3-19(18(29)11-16)35-27(40)32-7-5-28/h2-4,6,8-12,14,22,38H,5,7,13H2,1H3,(H,34,36)(H2,31,33,39)(H2,32,35,40). The zero-order valence-electron chi connectivity index (χ0n) is 21.3. The van der Waals surface area contributed by atoms with Crippen molar-refractivity contribution in [1.82, 2.24) is 29.8 Å². The molecule has 11 nitrogen and oxygen atoms in total. The smallest absolute Gasteiger partial charge is 0.319 e. The zero-order valence-corrected chi connectivity index (χ0v) is 22.8. The van der Waals surface area contributed by atoms with Gasteiger partial charge in [-0.3, -0.25) is 4.79 Å². The minimum absolute atomic E-state index is 0.0831. The molecule has 13 heteroatoms. The molecule has 1 unspecified atom stereocenters. The average Bonchev–Trinajstić information content (AvgIpc) is 3.62. The molecule has 206 valence electrons. The summed E-state index contributed by atoms with van der Waals surface area (Å²) in [6.07, 6.45) is 5.84. The number of hydrogen-bond donors (Lipinski definition) is 6. The number of hydrogen-bond acceptors (Lipinski definition) is 6. The van der Waals surface area contributed by atoms with Crippen molar-refractivity contribution >= 4 is 51.6 Å². The molecule has 0 radical (unpaired) electrons. The zero-order chi connectivity index (χ0) is 28.2. The lowest BCUT2D eigenvalue weighted by molar-refractivity contribution is 0.191. The van der Waals surface area contributed by atoms with Gasteiger partial charge in [0.05, 0.1) is 39.9 Å². The van der Waals surface area contributed by atoms with Crippen LogP contribution in [0.5, 0.6) is 0 Å². The summed E-state index contributed by atoms with van der Waals surface area (Å²) < 4.78 is 1.89. The van der Waals surface area contributed by atoms with Crippen LogP contribution in [-0.4, -0.2) is 54.6 Å². The van der Waals surface area contributed by atoms with E-state index >= 15 is 0 Å². The summed E-state index contributed by atoms with van der Waals surface area (Å²) >= 11 is 11.9. The molecule has 0 saturated carbocycles. The Bertz CT molecular complexity index is 1720. The van der Waals surface area contributed by atoms with Gasteiger partial charge in [0.2, 0.25) is 0 Å². The van der Waals surface area contributed by atoms with Crippen LogP contribution in [0.15, 0.2) is 66.1 Å². The summed E-state index contributed by atoms with van der Waals surface area (Å²) in [6, 6.07) is 10.1. The van der Waals surface area contributed by atoms with Crippen LogP contribution >= 0.6 is 23.2 Å². The number of imidazole rings is 2. The molecule has 0 aliphatic rings. The van der Waals surface area contributed by atoms with E-state index in [1.807, 2.05) is 29.8 Å². The molecule has 6 N–H and O–H groups in total. The molecule has 0 bridgehead atoms. The fourth-order valence-corrected chi connectivity index (χ4v) is 4.63. The van der Waals surface area contributed by atoms with Gasteiger partial charge in [-0.05, 0) is 48.4 Å². The van der Waals surface area contributed by atoms with Gasteiger partial charge in [-0.25, -0.2) is 14.8 Å². The molecule has 0 spiro atoms. The number of aryl methyl sites for hydroxylation is 1. The topological polar surface area (TPSA) is 153 Å². The van der Waals surface area contributed by atoms with E-state index in [-0.39, 0.29) is 23.0 Å². The largest absolute Gasteiger partial charge is 0.387 e. The number of carbonyl (C=O) groups excluding carboxylic acids is 1. The van der Waals surface area contributed by atoms with Gasteiger partial charge in [-0.15, -0.1) is 11.6 Å². The number of nitrogens with one attached hydrogen (secondary N) is 5. The van der Waals surface area contributed by atoms with E-state index in [2.05, 4.69) is 30.9 Å². The molecular weight excluding hydrogens is 555 g/mol. The first-order valence-electron chi connectivity index (χ1n) is 12.4. The first-order valence-corrected chi connectivity index (χ1v) is 13.3. The van der Waals surface area contributed by atoms with Crippen LogP contribution < -0.4 is 21.5 Å². The second kappa shape index (κ2) is 11.8. The van der Waals surface area contributed by atoms with Crippen molar-refractivity contribution < 1.29 is 9.90 Å². The number of benzene rings is 2. The molecule has 2 aromatic carbocycles. The fourth-order valence-electron chi connectivity index (χ4n) is 4.30. The molecular formula is C27H26Cl2N8O3. The van der Waals surface area contributed by atoms with E-state index in [0.29, 0.717) is 34.9 Å². The Hall–Kier alpha value is -4.32. The maximum absolute atomic E-state index is 12.9. The van der Waals surface area contributed by atoms with Gasteiger partial charge in [-0.1, -0.05) is 17.7 Å². The van der Waals surface area contributed by atoms with Crippen molar-refractivity contribution in [2.45, 2.75) is 13.0 Å². The lowest BCUT2D eigenvalue weighted by Crippen LogP contribution is -2.30. The van der Waals surface area contributed by atoms with E-state index in [1.54, 1.807) is 36.8 Å². The summed E-state index contributed by atoms with van der Waals surface area (Å²) in [7, 11) is 0. The van der Waals surface area contributed by atoms with Crippen LogP contribution in [0.2, 0.25) is 5.02 Å². The second-order valence-corrected chi connectivity index (χ2v) is 9.80. The van der Waals surface area contributed by atoms with Gasteiger partial charge < -0.3 is 35.6 Å². The van der Waals surface area contributed by atoms with E-state index in [0.717, 1.165) is 22.3 Å². The molecule has 0 aliphatic heterocycles. The number of pyridine rings is 1. The summed E-state index contributed by atoms with van der Waals surface area (Å²) in [4.78, 5) is 39.6. The number of carbonyl (C=O) groups is 1. The predicted molar refractivity (Wildman–Crippen MR) is 157 cm³/mol.